The topological polar surface area (TPSA) is 34.5 Å². The second kappa shape index (κ2) is 5.19. The van der Waals surface area contributed by atoms with Crippen molar-refractivity contribution in [2.24, 2.45) is 0 Å². The van der Waals surface area contributed by atoms with Crippen LogP contribution < -0.4 is 0 Å². The Balaban J connectivity index is 1.87. The zero-order chi connectivity index (χ0) is 15.0. The summed E-state index contributed by atoms with van der Waals surface area (Å²) in [5.74, 6) is 0. The summed E-state index contributed by atoms with van der Waals surface area (Å²) in [5, 5.41) is 2.76. The Hall–Kier alpha value is -1.81. The zero-order valence-electron chi connectivity index (χ0n) is 12.9. The number of aryl methyl sites for hydroxylation is 1. The maximum absolute atomic E-state index is 11.4. The van der Waals surface area contributed by atoms with Gasteiger partial charge in [0.05, 0.1) is 11.6 Å². The fourth-order valence-electron chi connectivity index (χ4n) is 3.01. The van der Waals surface area contributed by atoms with E-state index in [0.717, 1.165) is 25.8 Å². The van der Waals surface area contributed by atoms with Gasteiger partial charge in [0.15, 0.2) is 0 Å². The molecule has 0 bridgehead atoms. The summed E-state index contributed by atoms with van der Waals surface area (Å²) in [7, 11) is 0. The summed E-state index contributed by atoms with van der Waals surface area (Å²) in [6, 6.07) is 10.7. The van der Waals surface area contributed by atoms with Gasteiger partial charge in [-0.1, -0.05) is 18.2 Å². The predicted molar refractivity (Wildman–Crippen MR) is 82.8 cm³/mol. The maximum Gasteiger partial charge on any atom is 0.233 e. The average molecular weight is 286 g/mol. The van der Waals surface area contributed by atoms with Crippen molar-refractivity contribution < 1.29 is 9.63 Å². The van der Waals surface area contributed by atoms with Crippen molar-refractivity contribution in [3.8, 4) is 0 Å². The molecule has 4 nitrogen and oxygen atoms in total. The van der Waals surface area contributed by atoms with Crippen LogP contribution in [0.2, 0.25) is 0 Å². The Morgan fingerprint density at radius 2 is 2.10 bits per heavy atom. The molecule has 1 atom stereocenters. The third-order valence-electron chi connectivity index (χ3n) is 3.87. The minimum Gasteiger partial charge on any atom is -0.342 e. The highest BCUT2D eigenvalue weighted by molar-refractivity contribution is 5.81. The number of nitrogens with zero attached hydrogens (tertiary/aromatic N) is 2. The van der Waals surface area contributed by atoms with E-state index in [1.54, 1.807) is 0 Å². The molecule has 1 aliphatic rings. The Kier molecular flexibility index (Phi) is 3.49. The van der Waals surface area contributed by atoms with Gasteiger partial charge in [-0.15, -0.1) is 0 Å². The molecule has 112 valence electrons. The van der Waals surface area contributed by atoms with Gasteiger partial charge in [-0.3, -0.25) is 9.63 Å². The lowest BCUT2D eigenvalue weighted by Gasteiger charge is -2.35. The minimum atomic E-state index is -0.361. The summed E-state index contributed by atoms with van der Waals surface area (Å²) < 4.78 is 2.31. The van der Waals surface area contributed by atoms with Crippen LogP contribution >= 0.6 is 0 Å². The van der Waals surface area contributed by atoms with Gasteiger partial charge in [-0.2, -0.15) is 0 Å². The van der Waals surface area contributed by atoms with Crippen molar-refractivity contribution in [1.82, 2.24) is 9.63 Å². The average Bonchev–Trinajstić information content (AvgIpc) is 2.81. The van der Waals surface area contributed by atoms with Crippen molar-refractivity contribution in [1.29, 1.82) is 0 Å². The molecule has 1 aromatic heterocycles. The highest BCUT2D eigenvalue weighted by Gasteiger charge is 2.28. The van der Waals surface area contributed by atoms with E-state index in [1.807, 2.05) is 20.8 Å². The first kappa shape index (κ1) is 14.1. The van der Waals surface area contributed by atoms with Crippen molar-refractivity contribution in [3.05, 3.63) is 36.0 Å². The smallest absolute Gasteiger partial charge is 0.233 e. The molecule has 2 aromatic rings. The number of rotatable bonds is 3. The largest absolute Gasteiger partial charge is 0.342 e. The first-order valence-corrected chi connectivity index (χ1v) is 7.48. The van der Waals surface area contributed by atoms with E-state index < -0.39 is 0 Å². The molecule has 0 saturated heterocycles. The second-order valence-electron chi connectivity index (χ2n) is 6.67. The fraction of sp³-hybridized carbons (Fsp3) is 0.471. The van der Waals surface area contributed by atoms with Crippen LogP contribution in [0.4, 0.5) is 0 Å². The van der Waals surface area contributed by atoms with E-state index in [4.69, 9.17) is 4.84 Å². The monoisotopic (exact) mass is 286 g/mol. The Morgan fingerprint density at radius 1 is 1.33 bits per heavy atom. The number of amides is 1. The number of carbonyl (C=O) groups is 1. The zero-order valence-corrected chi connectivity index (χ0v) is 12.9. The molecule has 0 fully saturated rings. The summed E-state index contributed by atoms with van der Waals surface area (Å²) in [5.41, 5.74) is 2.22. The molecule has 4 heteroatoms. The van der Waals surface area contributed by atoms with E-state index >= 15 is 0 Å². The lowest BCUT2D eigenvalue weighted by atomic mass is 10.1. The van der Waals surface area contributed by atoms with Crippen molar-refractivity contribution >= 4 is 17.3 Å². The van der Waals surface area contributed by atoms with Gasteiger partial charge in [0, 0.05) is 17.8 Å². The molecule has 2 heterocycles. The summed E-state index contributed by atoms with van der Waals surface area (Å²) in [6.07, 6.45) is 2.72. The maximum atomic E-state index is 11.4. The van der Waals surface area contributed by atoms with Gasteiger partial charge in [-0.05, 0) is 51.1 Å². The normalized spacial score (nSPS) is 18.5. The molecule has 0 N–H and O–H groups in total. The van der Waals surface area contributed by atoms with Crippen LogP contribution in [-0.4, -0.2) is 27.7 Å². The van der Waals surface area contributed by atoms with Gasteiger partial charge < -0.3 is 4.57 Å². The van der Waals surface area contributed by atoms with Crippen molar-refractivity contribution in [3.63, 3.8) is 0 Å². The van der Waals surface area contributed by atoms with Gasteiger partial charge in [0.25, 0.3) is 0 Å². The molecule has 1 unspecified atom stereocenters. The van der Waals surface area contributed by atoms with Crippen LogP contribution in [0.5, 0.6) is 0 Å². The summed E-state index contributed by atoms with van der Waals surface area (Å²) >= 11 is 0. The highest BCUT2D eigenvalue weighted by atomic mass is 16.7. The van der Waals surface area contributed by atoms with Crippen molar-refractivity contribution in [2.45, 2.75) is 51.8 Å². The standard InChI is InChI=1S/C17H22N2O2/c1-17(2,3)21-19(12-20)15-9-8-14-10-13-6-4-5-7-16(13)18(14)11-15/h4-7,10,12,15H,8-9,11H2,1-3H3. The predicted octanol–water partition coefficient (Wildman–Crippen LogP) is 3.14. The number of hydroxylamine groups is 2. The van der Waals surface area contributed by atoms with Crippen LogP contribution in [-0.2, 0) is 22.6 Å². The quantitative estimate of drug-likeness (QED) is 0.641. The molecule has 0 radical (unpaired) electrons. The van der Waals surface area contributed by atoms with E-state index in [0.29, 0.717) is 0 Å². The Morgan fingerprint density at radius 3 is 2.81 bits per heavy atom. The lowest BCUT2D eigenvalue weighted by molar-refractivity contribution is -0.235. The van der Waals surface area contributed by atoms with Crippen molar-refractivity contribution in [2.75, 3.05) is 0 Å². The minimum absolute atomic E-state index is 0.0880. The van der Waals surface area contributed by atoms with E-state index in [1.165, 1.54) is 21.7 Å². The van der Waals surface area contributed by atoms with Gasteiger partial charge in [-0.25, -0.2) is 5.06 Å². The first-order chi connectivity index (χ1) is 9.98. The van der Waals surface area contributed by atoms with E-state index in [-0.39, 0.29) is 11.6 Å². The fourth-order valence-corrected chi connectivity index (χ4v) is 3.01. The Bertz CT molecular complexity index is 654. The SMILES string of the molecule is CC(C)(C)ON(C=O)C1CCc2cc3ccccc3n2C1. The third-order valence-corrected chi connectivity index (χ3v) is 3.87. The van der Waals surface area contributed by atoms with Gasteiger partial charge in [0.1, 0.15) is 0 Å². The molecule has 1 amide bonds. The molecule has 0 saturated carbocycles. The molecule has 1 aliphatic heterocycles. The summed E-state index contributed by atoms with van der Waals surface area (Å²) in [4.78, 5) is 17.2. The highest BCUT2D eigenvalue weighted by Crippen LogP contribution is 2.27. The number of fused-ring (bicyclic) bond motifs is 3. The van der Waals surface area contributed by atoms with Crippen LogP contribution in [0.1, 0.15) is 32.9 Å². The lowest BCUT2D eigenvalue weighted by Crippen LogP contribution is -2.44. The molecule has 0 spiro atoms. The molecular weight excluding hydrogens is 264 g/mol. The second-order valence-corrected chi connectivity index (χ2v) is 6.67. The number of hydrogen-bond donors (Lipinski definition) is 0. The van der Waals surface area contributed by atoms with Gasteiger partial charge >= 0.3 is 0 Å². The number of para-hydroxylation sites is 1. The molecule has 0 aliphatic carbocycles. The van der Waals surface area contributed by atoms with Crippen LogP contribution in [0.25, 0.3) is 10.9 Å². The number of carbonyl (C=O) groups excluding carboxylic acids is 1. The first-order valence-electron chi connectivity index (χ1n) is 7.48. The summed E-state index contributed by atoms with van der Waals surface area (Å²) in [6.45, 7) is 6.67. The molecule has 21 heavy (non-hydrogen) atoms. The van der Waals surface area contributed by atoms with E-state index in [2.05, 4.69) is 34.9 Å². The van der Waals surface area contributed by atoms with Crippen LogP contribution in [0.15, 0.2) is 30.3 Å². The molecule has 1 aromatic carbocycles. The molecule has 3 rings (SSSR count). The Labute approximate surface area is 125 Å². The molecular formula is C17H22N2O2. The van der Waals surface area contributed by atoms with Gasteiger partial charge in [0.2, 0.25) is 6.41 Å². The number of aromatic nitrogens is 1. The number of hydrogen-bond acceptors (Lipinski definition) is 2. The van der Waals surface area contributed by atoms with E-state index in [9.17, 15) is 4.79 Å². The van der Waals surface area contributed by atoms with Crippen LogP contribution in [0, 0.1) is 0 Å². The number of benzene rings is 1. The van der Waals surface area contributed by atoms with Crippen LogP contribution in [0.3, 0.4) is 0 Å². The third kappa shape index (κ3) is 2.81.